The quantitative estimate of drug-likeness (QED) is 0.548. The number of H-pyrrole nitrogens is 1. The molecule has 29 heavy (non-hydrogen) atoms. The van der Waals surface area contributed by atoms with Crippen LogP contribution in [0.2, 0.25) is 0 Å². The van der Waals surface area contributed by atoms with Gasteiger partial charge in [0.15, 0.2) is 17.0 Å². The minimum Gasteiger partial charge on any atom is -0.317 e. The van der Waals surface area contributed by atoms with E-state index in [9.17, 15) is 9.18 Å². The van der Waals surface area contributed by atoms with Gasteiger partial charge in [0.2, 0.25) is 0 Å². The number of aryl methyl sites for hydroxylation is 2. The zero-order valence-corrected chi connectivity index (χ0v) is 16.3. The van der Waals surface area contributed by atoms with Crippen molar-refractivity contribution < 1.29 is 4.39 Å². The second-order valence-electron chi connectivity index (χ2n) is 7.69. The second-order valence-corrected chi connectivity index (χ2v) is 7.69. The molecule has 0 unspecified atom stereocenters. The van der Waals surface area contributed by atoms with Crippen molar-refractivity contribution in [2.24, 2.45) is 0 Å². The number of piperidine rings is 1. The fourth-order valence-electron chi connectivity index (χ4n) is 4.05. The molecular formula is C21H21FN6O. The summed E-state index contributed by atoms with van der Waals surface area (Å²) in [5.74, 6) is 0.542. The molecule has 7 nitrogen and oxygen atoms in total. The van der Waals surface area contributed by atoms with E-state index in [0.717, 1.165) is 43.0 Å². The molecule has 0 spiro atoms. The highest BCUT2D eigenvalue weighted by atomic mass is 19.1. The van der Waals surface area contributed by atoms with E-state index in [1.165, 1.54) is 6.07 Å². The zero-order chi connectivity index (χ0) is 20.1. The van der Waals surface area contributed by atoms with Crippen LogP contribution in [0.4, 0.5) is 4.39 Å². The van der Waals surface area contributed by atoms with Crippen molar-refractivity contribution in [2.45, 2.75) is 32.6 Å². The van der Waals surface area contributed by atoms with E-state index in [1.807, 2.05) is 19.9 Å². The number of imidazole rings is 1. The average Bonchev–Trinajstić information content (AvgIpc) is 3.10. The summed E-state index contributed by atoms with van der Waals surface area (Å²) in [6.07, 6.45) is 5.43. The van der Waals surface area contributed by atoms with Gasteiger partial charge in [-0.15, -0.1) is 0 Å². The van der Waals surface area contributed by atoms with E-state index in [-0.39, 0.29) is 22.6 Å². The zero-order valence-electron chi connectivity index (χ0n) is 16.3. The minimum atomic E-state index is -0.427. The van der Waals surface area contributed by atoms with Crippen molar-refractivity contribution in [2.75, 3.05) is 13.1 Å². The van der Waals surface area contributed by atoms with Gasteiger partial charge in [-0.3, -0.25) is 4.79 Å². The fourth-order valence-corrected chi connectivity index (χ4v) is 4.05. The Morgan fingerprint density at radius 1 is 1.07 bits per heavy atom. The van der Waals surface area contributed by atoms with E-state index in [0.29, 0.717) is 16.8 Å². The lowest BCUT2D eigenvalue weighted by Crippen LogP contribution is -2.28. The number of pyridine rings is 2. The maximum atomic E-state index is 14.5. The van der Waals surface area contributed by atoms with Crippen LogP contribution >= 0.6 is 0 Å². The Balaban J connectivity index is 1.65. The van der Waals surface area contributed by atoms with Gasteiger partial charge in [0.1, 0.15) is 5.82 Å². The Bertz CT molecular complexity index is 1300. The normalized spacial score (nSPS) is 15.4. The topological polar surface area (TPSA) is 88.0 Å². The Kier molecular flexibility index (Phi) is 4.16. The summed E-state index contributed by atoms with van der Waals surface area (Å²) in [4.78, 5) is 29.2. The largest absolute Gasteiger partial charge is 0.317 e. The van der Waals surface area contributed by atoms with Crippen molar-refractivity contribution in [1.82, 2.24) is 29.7 Å². The molecule has 0 radical (unpaired) electrons. The molecule has 0 aromatic carbocycles. The fraction of sp³-hybridized carbons (Fsp3) is 0.333. The van der Waals surface area contributed by atoms with E-state index in [4.69, 9.17) is 4.98 Å². The number of hydrogen-bond donors (Lipinski definition) is 2. The highest BCUT2D eigenvalue weighted by Crippen LogP contribution is 2.26. The van der Waals surface area contributed by atoms with Crippen LogP contribution in [0.1, 0.15) is 35.8 Å². The second kappa shape index (κ2) is 6.73. The Labute approximate surface area is 166 Å². The molecule has 0 atom stereocenters. The molecule has 5 heterocycles. The summed E-state index contributed by atoms with van der Waals surface area (Å²) >= 11 is 0. The molecular weight excluding hydrogens is 371 g/mol. The van der Waals surface area contributed by atoms with Gasteiger partial charge in [0.25, 0.3) is 5.56 Å². The molecule has 4 aromatic heterocycles. The van der Waals surface area contributed by atoms with Crippen LogP contribution in [0.5, 0.6) is 0 Å². The maximum absolute atomic E-state index is 14.5. The van der Waals surface area contributed by atoms with E-state index >= 15 is 0 Å². The molecule has 0 aliphatic carbocycles. The molecule has 2 N–H and O–H groups in total. The third kappa shape index (κ3) is 3.09. The van der Waals surface area contributed by atoms with Crippen LogP contribution in [0.3, 0.4) is 0 Å². The molecule has 1 aliphatic heterocycles. The van der Waals surface area contributed by atoms with E-state index in [2.05, 4.69) is 20.3 Å². The van der Waals surface area contributed by atoms with Gasteiger partial charge >= 0.3 is 0 Å². The van der Waals surface area contributed by atoms with Gasteiger partial charge in [-0.1, -0.05) is 0 Å². The van der Waals surface area contributed by atoms with Crippen LogP contribution < -0.4 is 10.9 Å². The SMILES string of the molecule is Cc1cn2cc(-c3cc(C)c4nc(C5CCNCC5)[nH]c(=O)c4n3)cc(F)c2n1. The predicted molar refractivity (Wildman–Crippen MR) is 109 cm³/mol. The molecule has 0 amide bonds. The number of rotatable bonds is 2. The van der Waals surface area contributed by atoms with E-state index < -0.39 is 5.82 Å². The Morgan fingerprint density at radius 2 is 1.86 bits per heavy atom. The summed E-state index contributed by atoms with van der Waals surface area (Å²) in [6, 6.07) is 3.26. The van der Waals surface area contributed by atoms with Gasteiger partial charge in [-0.2, -0.15) is 0 Å². The smallest absolute Gasteiger partial charge is 0.277 e. The number of fused-ring (bicyclic) bond motifs is 2. The number of nitrogens with zero attached hydrogens (tertiary/aromatic N) is 4. The first-order chi connectivity index (χ1) is 14.0. The summed E-state index contributed by atoms with van der Waals surface area (Å²) in [5.41, 5.74) is 3.58. The standard InChI is InChI=1S/C21H21FN6O/c1-11-7-16(14-8-15(22)20-24-12(2)9-28(20)10-14)25-18-17(11)26-19(27-21(18)29)13-3-5-23-6-4-13/h7-10,13,23H,3-6H2,1-2H3,(H,26,27,29). The molecule has 0 bridgehead atoms. The third-order valence-corrected chi connectivity index (χ3v) is 5.52. The van der Waals surface area contributed by atoms with Gasteiger partial charge < -0.3 is 14.7 Å². The Hall–Kier alpha value is -3.13. The molecule has 1 saturated heterocycles. The van der Waals surface area contributed by atoms with Crippen molar-refractivity contribution in [3.63, 3.8) is 0 Å². The van der Waals surface area contributed by atoms with Crippen LogP contribution in [0, 0.1) is 19.7 Å². The molecule has 4 aromatic rings. The number of aromatic nitrogens is 5. The lowest BCUT2D eigenvalue weighted by atomic mass is 9.97. The van der Waals surface area contributed by atoms with Crippen LogP contribution in [0.15, 0.2) is 29.3 Å². The maximum Gasteiger partial charge on any atom is 0.277 e. The molecule has 0 saturated carbocycles. The summed E-state index contributed by atoms with van der Waals surface area (Å²) in [6.45, 7) is 5.56. The van der Waals surface area contributed by atoms with Crippen molar-refractivity contribution in [1.29, 1.82) is 0 Å². The number of nitrogens with one attached hydrogen (secondary N) is 2. The summed E-state index contributed by atoms with van der Waals surface area (Å²) in [7, 11) is 0. The number of halogens is 1. The van der Waals surface area contributed by atoms with Crippen LogP contribution in [-0.2, 0) is 0 Å². The highest BCUT2D eigenvalue weighted by molar-refractivity contribution is 5.80. The summed E-state index contributed by atoms with van der Waals surface area (Å²) in [5, 5.41) is 3.32. The molecule has 1 aliphatic rings. The lowest BCUT2D eigenvalue weighted by molar-refractivity contribution is 0.445. The minimum absolute atomic E-state index is 0.244. The molecule has 5 rings (SSSR count). The number of hydrogen-bond acceptors (Lipinski definition) is 5. The lowest BCUT2D eigenvalue weighted by Gasteiger charge is -2.22. The predicted octanol–water partition coefficient (Wildman–Crippen LogP) is 2.86. The first-order valence-electron chi connectivity index (χ1n) is 9.77. The first kappa shape index (κ1) is 17.9. The van der Waals surface area contributed by atoms with Gasteiger partial charge in [0.05, 0.1) is 16.9 Å². The third-order valence-electron chi connectivity index (χ3n) is 5.52. The van der Waals surface area contributed by atoms with Crippen molar-refractivity contribution in [3.05, 3.63) is 57.8 Å². The van der Waals surface area contributed by atoms with Crippen LogP contribution in [-0.4, -0.2) is 37.4 Å². The summed E-state index contributed by atoms with van der Waals surface area (Å²) < 4.78 is 16.1. The van der Waals surface area contributed by atoms with Gasteiger partial charge in [-0.25, -0.2) is 19.3 Å². The molecule has 148 valence electrons. The van der Waals surface area contributed by atoms with E-state index in [1.54, 1.807) is 16.8 Å². The molecule has 1 fully saturated rings. The van der Waals surface area contributed by atoms with Crippen LogP contribution in [0.25, 0.3) is 27.9 Å². The average molecular weight is 392 g/mol. The monoisotopic (exact) mass is 392 g/mol. The van der Waals surface area contributed by atoms with Gasteiger partial charge in [0, 0.05) is 23.9 Å². The van der Waals surface area contributed by atoms with Crippen molar-refractivity contribution in [3.8, 4) is 11.3 Å². The number of aromatic amines is 1. The van der Waals surface area contributed by atoms with Gasteiger partial charge in [-0.05, 0) is 57.5 Å². The van der Waals surface area contributed by atoms with Crippen molar-refractivity contribution >= 4 is 16.7 Å². The highest BCUT2D eigenvalue weighted by Gasteiger charge is 2.20. The first-order valence-corrected chi connectivity index (χ1v) is 9.77. The Morgan fingerprint density at radius 3 is 2.66 bits per heavy atom. The molecule has 8 heteroatoms.